The summed E-state index contributed by atoms with van der Waals surface area (Å²) in [7, 11) is 0. The van der Waals surface area contributed by atoms with Gasteiger partial charge in [-0.1, -0.05) is 24.3 Å². The Morgan fingerprint density at radius 3 is 2.87 bits per heavy atom. The number of hydrogen-bond donors (Lipinski definition) is 3. The fourth-order valence-electron chi connectivity index (χ4n) is 3.56. The Morgan fingerprint density at radius 2 is 2.17 bits per heavy atom. The summed E-state index contributed by atoms with van der Waals surface area (Å²) in [5.41, 5.74) is 0.277. The number of nitrogens with zero attached hydrogens (tertiary/aromatic N) is 2. The van der Waals surface area contributed by atoms with Crippen molar-refractivity contribution in [3.8, 4) is 0 Å². The number of benzene rings is 1. The van der Waals surface area contributed by atoms with Crippen LogP contribution in [0.3, 0.4) is 0 Å². The first-order valence-electron chi connectivity index (χ1n) is 10.4. The molecular formula is C22H31FN4O2S. The maximum absolute atomic E-state index is 13.9. The average molecular weight is 435 g/mol. The molecule has 1 aromatic heterocycles. The highest BCUT2D eigenvalue weighted by Crippen LogP contribution is 2.27. The lowest BCUT2D eigenvalue weighted by Gasteiger charge is -2.36. The maximum Gasteiger partial charge on any atom is 0.191 e. The molecule has 3 rings (SSSR count). The Bertz CT molecular complexity index is 802. The number of ether oxygens (including phenoxy) is 1. The van der Waals surface area contributed by atoms with Gasteiger partial charge < -0.3 is 20.5 Å². The summed E-state index contributed by atoms with van der Waals surface area (Å²) >= 11 is 1.73. The molecule has 164 valence electrons. The van der Waals surface area contributed by atoms with Crippen LogP contribution in [-0.2, 0) is 4.74 Å². The number of aliphatic imine (C=N–C) groups is 1. The Kier molecular flexibility index (Phi) is 8.62. The molecule has 0 radical (unpaired) electrons. The third-order valence-electron chi connectivity index (χ3n) is 5.08. The molecule has 3 N–H and O–H groups in total. The smallest absolute Gasteiger partial charge is 0.191 e. The monoisotopic (exact) mass is 434 g/mol. The normalized spacial score (nSPS) is 20.0. The first-order valence-corrected chi connectivity index (χ1v) is 11.3. The zero-order chi connectivity index (χ0) is 21.3. The molecule has 30 heavy (non-hydrogen) atoms. The van der Waals surface area contributed by atoms with Gasteiger partial charge in [-0.2, -0.15) is 0 Å². The van der Waals surface area contributed by atoms with Gasteiger partial charge in [-0.15, -0.1) is 11.3 Å². The largest absolute Gasteiger partial charge is 0.386 e. The molecule has 0 aliphatic carbocycles. The summed E-state index contributed by atoms with van der Waals surface area (Å²) in [6.45, 7) is 8.00. The number of thiophene rings is 1. The summed E-state index contributed by atoms with van der Waals surface area (Å²) in [4.78, 5) is 8.46. The maximum atomic E-state index is 13.9. The van der Waals surface area contributed by atoms with Crippen molar-refractivity contribution < 1.29 is 14.2 Å². The number of halogens is 1. The number of guanidine groups is 1. The van der Waals surface area contributed by atoms with Gasteiger partial charge in [0.25, 0.3) is 0 Å². The van der Waals surface area contributed by atoms with Crippen LogP contribution in [0.4, 0.5) is 4.39 Å². The Balaban J connectivity index is 1.67. The van der Waals surface area contributed by atoms with E-state index in [0.29, 0.717) is 19.0 Å². The van der Waals surface area contributed by atoms with Crippen molar-refractivity contribution in [3.63, 3.8) is 0 Å². The van der Waals surface area contributed by atoms with Gasteiger partial charge in [0.2, 0.25) is 0 Å². The van der Waals surface area contributed by atoms with E-state index < -0.39 is 11.9 Å². The Hall–Kier alpha value is -2.00. The van der Waals surface area contributed by atoms with Crippen molar-refractivity contribution >= 4 is 17.3 Å². The van der Waals surface area contributed by atoms with Crippen LogP contribution in [0.15, 0.2) is 46.8 Å². The van der Waals surface area contributed by atoms with E-state index >= 15 is 0 Å². The summed E-state index contributed by atoms with van der Waals surface area (Å²) in [5.74, 6) is 0.198. The molecule has 2 aromatic rings. The fraction of sp³-hybridized carbons (Fsp3) is 0.500. The van der Waals surface area contributed by atoms with Crippen molar-refractivity contribution in [1.82, 2.24) is 15.5 Å². The van der Waals surface area contributed by atoms with E-state index in [1.807, 2.05) is 6.92 Å². The predicted octanol–water partition coefficient (Wildman–Crippen LogP) is 2.94. The van der Waals surface area contributed by atoms with Gasteiger partial charge in [-0.25, -0.2) is 4.39 Å². The van der Waals surface area contributed by atoms with Crippen LogP contribution in [0, 0.1) is 5.82 Å². The lowest BCUT2D eigenvalue weighted by molar-refractivity contribution is -0.0327. The van der Waals surface area contributed by atoms with Crippen LogP contribution in [0.5, 0.6) is 0 Å². The third kappa shape index (κ3) is 6.25. The van der Waals surface area contributed by atoms with E-state index in [1.165, 1.54) is 10.9 Å². The molecular weight excluding hydrogens is 403 g/mol. The first kappa shape index (κ1) is 22.7. The van der Waals surface area contributed by atoms with E-state index in [4.69, 9.17) is 9.73 Å². The van der Waals surface area contributed by atoms with Crippen LogP contribution in [0.2, 0.25) is 0 Å². The lowest BCUT2D eigenvalue weighted by atomic mass is 10.1. The standard InChI is InChI=1S/C22H31FN4O2S/c1-3-24-22(26-14-20(28)17-7-4-5-8-18(17)23)25-13-19(21-9-6-12-30-21)27-10-11-29-16(2)15-27/h4-9,12,16,19-20,28H,3,10-11,13-15H2,1-2H3,(H2,24,25,26). The van der Waals surface area contributed by atoms with Crippen molar-refractivity contribution in [2.45, 2.75) is 32.1 Å². The summed E-state index contributed by atoms with van der Waals surface area (Å²) in [6.07, 6.45) is -0.754. The van der Waals surface area contributed by atoms with Crippen LogP contribution in [0.25, 0.3) is 0 Å². The summed E-state index contributed by atoms with van der Waals surface area (Å²) in [6, 6.07) is 10.7. The van der Waals surface area contributed by atoms with Crippen LogP contribution in [0.1, 0.15) is 36.4 Å². The third-order valence-corrected chi connectivity index (χ3v) is 6.05. The molecule has 3 atom stereocenters. The molecule has 0 amide bonds. The molecule has 0 spiro atoms. The quantitative estimate of drug-likeness (QED) is 0.440. The van der Waals surface area contributed by atoms with Crippen LogP contribution >= 0.6 is 11.3 Å². The van der Waals surface area contributed by atoms with Gasteiger partial charge in [0.1, 0.15) is 5.82 Å². The second kappa shape index (κ2) is 11.4. The number of morpholine rings is 1. The second-order valence-electron chi connectivity index (χ2n) is 7.35. The van der Waals surface area contributed by atoms with Crippen molar-refractivity contribution in [2.24, 2.45) is 4.99 Å². The zero-order valence-corrected chi connectivity index (χ0v) is 18.4. The molecule has 1 fully saturated rings. The number of hydrogen-bond acceptors (Lipinski definition) is 5. The van der Waals surface area contributed by atoms with Crippen molar-refractivity contribution in [2.75, 3.05) is 39.3 Å². The van der Waals surface area contributed by atoms with Gasteiger partial charge in [-0.05, 0) is 31.4 Å². The predicted molar refractivity (Wildman–Crippen MR) is 119 cm³/mol. The molecule has 1 aromatic carbocycles. The highest BCUT2D eigenvalue weighted by atomic mass is 32.1. The zero-order valence-electron chi connectivity index (χ0n) is 17.6. The highest BCUT2D eigenvalue weighted by Gasteiger charge is 2.26. The Morgan fingerprint density at radius 1 is 1.33 bits per heavy atom. The van der Waals surface area contributed by atoms with E-state index in [1.54, 1.807) is 29.5 Å². The van der Waals surface area contributed by atoms with Crippen molar-refractivity contribution in [1.29, 1.82) is 0 Å². The summed E-state index contributed by atoms with van der Waals surface area (Å²) < 4.78 is 19.6. The second-order valence-corrected chi connectivity index (χ2v) is 8.32. The molecule has 0 bridgehead atoms. The molecule has 0 saturated carbocycles. The lowest BCUT2D eigenvalue weighted by Crippen LogP contribution is -2.44. The van der Waals surface area contributed by atoms with Crippen LogP contribution in [-0.4, -0.2) is 61.4 Å². The van der Waals surface area contributed by atoms with E-state index in [2.05, 4.69) is 40.0 Å². The van der Waals surface area contributed by atoms with Gasteiger partial charge in [0, 0.05) is 36.6 Å². The summed E-state index contributed by atoms with van der Waals surface area (Å²) in [5, 5.41) is 18.8. The molecule has 1 aliphatic heterocycles. The molecule has 2 heterocycles. The molecule has 6 nitrogen and oxygen atoms in total. The minimum absolute atomic E-state index is 0.170. The molecule has 1 aliphatic rings. The van der Waals surface area contributed by atoms with Gasteiger partial charge >= 0.3 is 0 Å². The average Bonchev–Trinajstić information content (AvgIpc) is 3.27. The fourth-order valence-corrected chi connectivity index (χ4v) is 4.41. The SMILES string of the molecule is CCNC(=NCC(c1cccs1)N1CCOC(C)C1)NCC(O)c1ccccc1F. The topological polar surface area (TPSA) is 69.1 Å². The minimum atomic E-state index is -0.955. The molecule has 3 unspecified atom stereocenters. The van der Waals surface area contributed by atoms with E-state index in [0.717, 1.165) is 19.7 Å². The van der Waals surface area contributed by atoms with Gasteiger partial charge in [-0.3, -0.25) is 9.89 Å². The van der Waals surface area contributed by atoms with Crippen molar-refractivity contribution in [3.05, 3.63) is 58.0 Å². The Labute approximate surface area is 181 Å². The number of rotatable bonds is 8. The molecule has 8 heteroatoms. The highest BCUT2D eigenvalue weighted by molar-refractivity contribution is 7.10. The van der Waals surface area contributed by atoms with E-state index in [9.17, 15) is 9.50 Å². The first-order chi connectivity index (χ1) is 14.6. The van der Waals surface area contributed by atoms with Gasteiger partial charge in [0.05, 0.1) is 31.4 Å². The van der Waals surface area contributed by atoms with Gasteiger partial charge in [0.15, 0.2) is 5.96 Å². The number of aliphatic hydroxyl groups excluding tert-OH is 1. The number of nitrogens with one attached hydrogen (secondary N) is 2. The minimum Gasteiger partial charge on any atom is -0.386 e. The van der Waals surface area contributed by atoms with Crippen LogP contribution < -0.4 is 10.6 Å². The van der Waals surface area contributed by atoms with E-state index in [-0.39, 0.29) is 24.3 Å². The number of aliphatic hydroxyl groups is 1. The molecule has 1 saturated heterocycles.